The molecule has 92 valence electrons. The molecule has 0 fully saturated rings. The Hall–Kier alpha value is -1.61. The van der Waals surface area contributed by atoms with Crippen LogP contribution in [0.5, 0.6) is 5.75 Å². The van der Waals surface area contributed by atoms with E-state index >= 15 is 0 Å². The van der Waals surface area contributed by atoms with Crippen molar-refractivity contribution in [3.05, 3.63) is 65.7 Å². The quantitative estimate of drug-likeness (QED) is 0.618. The molecule has 0 amide bonds. The molecule has 0 aliphatic rings. The average Bonchev–Trinajstić information content (AvgIpc) is 2.46. The molecular weight excluding hydrogens is 292 g/mol. The van der Waals surface area contributed by atoms with Gasteiger partial charge >= 0.3 is 0 Å². The molecule has 0 aromatic heterocycles. The summed E-state index contributed by atoms with van der Waals surface area (Å²) in [4.78, 5) is 10.4. The van der Waals surface area contributed by atoms with Crippen molar-refractivity contribution < 1.29 is 9.53 Å². The SMILES string of the molecule is O=CC(Br)c1ccc(OCc2ccccc2)cc1. The molecule has 3 heteroatoms. The minimum atomic E-state index is -0.249. The summed E-state index contributed by atoms with van der Waals surface area (Å²) in [5.74, 6) is 0.799. The molecule has 0 heterocycles. The first-order valence-electron chi connectivity index (χ1n) is 5.65. The van der Waals surface area contributed by atoms with Gasteiger partial charge in [0.15, 0.2) is 0 Å². The molecule has 0 bridgehead atoms. The van der Waals surface area contributed by atoms with Crippen molar-refractivity contribution in [1.82, 2.24) is 0 Å². The fourth-order valence-corrected chi connectivity index (χ4v) is 1.87. The molecule has 0 saturated heterocycles. The Bertz CT molecular complexity index is 494. The molecule has 0 saturated carbocycles. The maximum absolute atomic E-state index is 10.6. The van der Waals surface area contributed by atoms with Gasteiger partial charge in [-0.25, -0.2) is 0 Å². The number of rotatable bonds is 5. The second-order valence-electron chi connectivity index (χ2n) is 3.88. The summed E-state index contributed by atoms with van der Waals surface area (Å²) in [6.07, 6.45) is 0.861. The molecule has 2 aromatic rings. The van der Waals surface area contributed by atoms with Gasteiger partial charge in [0, 0.05) is 0 Å². The second-order valence-corrected chi connectivity index (χ2v) is 4.87. The van der Waals surface area contributed by atoms with Gasteiger partial charge in [-0.05, 0) is 23.3 Å². The Balaban J connectivity index is 1.96. The summed E-state index contributed by atoms with van der Waals surface area (Å²) in [5.41, 5.74) is 2.06. The Morgan fingerprint density at radius 2 is 1.72 bits per heavy atom. The van der Waals surface area contributed by atoms with Gasteiger partial charge in [-0.15, -0.1) is 0 Å². The van der Waals surface area contributed by atoms with Crippen LogP contribution in [-0.2, 0) is 11.4 Å². The van der Waals surface area contributed by atoms with Crippen LogP contribution in [0.1, 0.15) is 16.0 Å². The van der Waals surface area contributed by atoms with Crippen LogP contribution >= 0.6 is 15.9 Å². The predicted octanol–water partition coefficient (Wildman–Crippen LogP) is 3.90. The van der Waals surface area contributed by atoms with Gasteiger partial charge in [0.1, 0.15) is 18.6 Å². The topological polar surface area (TPSA) is 26.3 Å². The number of aldehydes is 1. The number of benzene rings is 2. The highest BCUT2D eigenvalue weighted by Crippen LogP contribution is 2.23. The maximum atomic E-state index is 10.6. The Morgan fingerprint density at radius 3 is 2.33 bits per heavy atom. The first-order valence-corrected chi connectivity index (χ1v) is 6.57. The normalized spacial score (nSPS) is 11.8. The van der Waals surface area contributed by atoms with Crippen LogP contribution in [0, 0.1) is 0 Å². The van der Waals surface area contributed by atoms with Crippen molar-refractivity contribution in [2.45, 2.75) is 11.4 Å². The average molecular weight is 305 g/mol. The van der Waals surface area contributed by atoms with E-state index in [1.54, 1.807) is 0 Å². The highest BCUT2D eigenvalue weighted by Gasteiger charge is 2.05. The number of carbonyl (C=O) groups is 1. The highest BCUT2D eigenvalue weighted by molar-refractivity contribution is 9.09. The molecule has 1 atom stereocenters. The zero-order valence-corrected chi connectivity index (χ0v) is 11.3. The number of hydrogen-bond donors (Lipinski definition) is 0. The van der Waals surface area contributed by atoms with Crippen LogP contribution in [0.4, 0.5) is 0 Å². The number of halogens is 1. The smallest absolute Gasteiger partial charge is 0.138 e. The minimum Gasteiger partial charge on any atom is -0.489 e. The number of carbonyl (C=O) groups excluding carboxylic acids is 1. The summed E-state index contributed by atoms with van der Waals surface area (Å²) in [5, 5.41) is 0. The van der Waals surface area contributed by atoms with E-state index in [1.807, 2.05) is 54.6 Å². The van der Waals surface area contributed by atoms with Crippen LogP contribution in [-0.4, -0.2) is 6.29 Å². The molecule has 2 nitrogen and oxygen atoms in total. The zero-order valence-electron chi connectivity index (χ0n) is 9.75. The largest absolute Gasteiger partial charge is 0.489 e. The van der Waals surface area contributed by atoms with E-state index in [0.29, 0.717) is 6.61 Å². The van der Waals surface area contributed by atoms with Gasteiger partial charge < -0.3 is 9.53 Å². The molecule has 0 aliphatic heterocycles. The van der Waals surface area contributed by atoms with Crippen LogP contribution in [0.15, 0.2) is 54.6 Å². The van der Waals surface area contributed by atoms with Crippen molar-refractivity contribution in [3.63, 3.8) is 0 Å². The van der Waals surface area contributed by atoms with E-state index in [2.05, 4.69) is 15.9 Å². The van der Waals surface area contributed by atoms with Gasteiger partial charge in [-0.1, -0.05) is 58.4 Å². The van der Waals surface area contributed by atoms with E-state index < -0.39 is 0 Å². The lowest BCUT2D eigenvalue weighted by molar-refractivity contribution is -0.107. The molecule has 0 radical (unpaired) electrons. The lowest BCUT2D eigenvalue weighted by Crippen LogP contribution is -1.96. The minimum absolute atomic E-state index is 0.249. The predicted molar refractivity (Wildman–Crippen MR) is 74.9 cm³/mol. The maximum Gasteiger partial charge on any atom is 0.138 e. The number of ether oxygens (including phenoxy) is 1. The third-order valence-corrected chi connectivity index (χ3v) is 3.31. The van der Waals surface area contributed by atoms with E-state index in [1.165, 1.54) is 0 Å². The van der Waals surface area contributed by atoms with Crippen molar-refractivity contribution in [2.75, 3.05) is 0 Å². The summed E-state index contributed by atoms with van der Waals surface area (Å²) in [6, 6.07) is 17.5. The monoisotopic (exact) mass is 304 g/mol. The summed E-state index contributed by atoms with van der Waals surface area (Å²) in [6.45, 7) is 0.547. The molecule has 0 aliphatic carbocycles. The van der Waals surface area contributed by atoms with Crippen LogP contribution < -0.4 is 4.74 Å². The molecule has 2 rings (SSSR count). The van der Waals surface area contributed by atoms with Crippen LogP contribution in [0.3, 0.4) is 0 Å². The molecule has 18 heavy (non-hydrogen) atoms. The van der Waals surface area contributed by atoms with E-state index in [0.717, 1.165) is 23.2 Å². The third kappa shape index (κ3) is 3.44. The zero-order chi connectivity index (χ0) is 12.8. The van der Waals surface area contributed by atoms with Gasteiger partial charge in [0.05, 0.1) is 4.83 Å². The fraction of sp³-hybridized carbons (Fsp3) is 0.133. The van der Waals surface area contributed by atoms with Gasteiger partial charge in [0.25, 0.3) is 0 Å². The van der Waals surface area contributed by atoms with E-state index in [-0.39, 0.29) is 4.83 Å². The first kappa shape index (κ1) is 12.8. The van der Waals surface area contributed by atoms with Crippen LogP contribution in [0.25, 0.3) is 0 Å². The third-order valence-electron chi connectivity index (χ3n) is 2.57. The first-order chi connectivity index (χ1) is 8.79. The lowest BCUT2D eigenvalue weighted by atomic mass is 10.1. The number of hydrogen-bond acceptors (Lipinski definition) is 2. The van der Waals surface area contributed by atoms with Crippen molar-refractivity contribution in [3.8, 4) is 5.75 Å². The van der Waals surface area contributed by atoms with E-state index in [9.17, 15) is 4.79 Å². The molecular formula is C15H13BrO2. The van der Waals surface area contributed by atoms with Gasteiger partial charge in [0.2, 0.25) is 0 Å². The summed E-state index contributed by atoms with van der Waals surface area (Å²) < 4.78 is 5.66. The lowest BCUT2D eigenvalue weighted by Gasteiger charge is -2.08. The summed E-state index contributed by atoms with van der Waals surface area (Å²) >= 11 is 3.28. The Kier molecular flexibility index (Phi) is 4.53. The molecule has 0 N–H and O–H groups in total. The van der Waals surface area contributed by atoms with Crippen molar-refractivity contribution >= 4 is 22.2 Å². The van der Waals surface area contributed by atoms with Crippen molar-refractivity contribution in [2.24, 2.45) is 0 Å². The second kappa shape index (κ2) is 6.36. The molecule has 0 spiro atoms. The highest BCUT2D eigenvalue weighted by atomic mass is 79.9. The fourth-order valence-electron chi connectivity index (χ4n) is 1.57. The van der Waals surface area contributed by atoms with Crippen LogP contribution in [0.2, 0.25) is 0 Å². The van der Waals surface area contributed by atoms with Gasteiger partial charge in [-0.3, -0.25) is 0 Å². The molecule has 2 aromatic carbocycles. The summed E-state index contributed by atoms with van der Waals surface area (Å²) in [7, 11) is 0. The standard InChI is InChI=1S/C15H13BrO2/c16-15(10-17)13-6-8-14(9-7-13)18-11-12-4-2-1-3-5-12/h1-10,15H,11H2. The van der Waals surface area contributed by atoms with Gasteiger partial charge in [-0.2, -0.15) is 0 Å². The number of alkyl halides is 1. The van der Waals surface area contributed by atoms with Crippen molar-refractivity contribution in [1.29, 1.82) is 0 Å². The van der Waals surface area contributed by atoms with E-state index in [4.69, 9.17) is 4.74 Å². The Morgan fingerprint density at radius 1 is 1.06 bits per heavy atom. The Labute approximate surface area is 115 Å². The molecule has 1 unspecified atom stereocenters.